The van der Waals surface area contributed by atoms with Gasteiger partial charge in [0.25, 0.3) is 0 Å². The van der Waals surface area contributed by atoms with Gasteiger partial charge in [0.05, 0.1) is 6.42 Å². The highest BCUT2D eigenvalue weighted by atomic mass is 79.9. The van der Waals surface area contributed by atoms with Gasteiger partial charge in [-0.15, -0.1) is 0 Å². The van der Waals surface area contributed by atoms with Crippen molar-refractivity contribution < 1.29 is 14.7 Å². The molecular weight excluding hydrogens is 334 g/mol. The Labute approximate surface area is 133 Å². The summed E-state index contributed by atoms with van der Waals surface area (Å²) in [6.45, 7) is 1.49. The molecule has 1 aromatic rings. The number of halogens is 1. The van der Waals surface area contributed by atoms with Crippen LogP contribution in [0.4, 0.5) is 0 Å². The van der Waals surface area contributed by atoms with Crippen molar-refractivity contribution in [2.75, 3.05) is 13.1 Å². The molecular formula is C16H20BrNO3. The van der Waals surface area contributed by atoms with E-state index in [4.69, 9.17) is 5.11 Å². The first kappa shape index (κ1) is 16.0. The third kappa shape index (κ3) is 5.16. The van der Waals surface area contributed by atoms with Gasteiger partial charge in [-0.25, -0.2) is 0 Å². The minimum absolute atomic E-state index is 0.136. The summed E-state index contributed by atoms with van der Waals surface area (Å²) in [5.41, 5.74) is 1.01. The predicted molar refractivity (Wildman–Crippen MR) is 84.0 cm³/mol. The molecule has 1 aliphatic rings. The quantitative estimate of drug-likeness (QED) is 0.884. The van der Waals surface area contributed by atoms with E-state index < -0.39 is 5.97 Å². The number of likely N-dealkylation sites (tertiary alicyclic amines) is 1. The van der Waals surface area contributed by atoms with Gasteiger partial charge >= 0.3 is 5.97 Å². The van der Waals surface area contributed by atoms with E-state index in [0.717, 1.165) is 29.4 Å². The number of aliphatic carboxylic acids is 1. The van der Waals surface area contributed by atoms with E-state index in [2.05, 4.69) is 15.9 Å². The van der Waals surface area contributed by atoms with Crippen LogP contribution < -0.4 is 0 Å². The number of nitrogens with zero attached hydrogens (tertiary/aromatic N) is 1. The number of hydrogen-bond donors (Lipinski definition) is 1. The molecule has 1 atom stereocenters. The lowest BCUT2D eigenvalue weighted by Crippen LogP contribution is -2.40. The van der Waals surface area contributed by atoms with Crippen molar-refractivity contribution in [3.63, 3.8) is 0 Å². The van der Waals surface area contributed by atoms with Crippen molar-refractivity contribution in [3.05, 3.63) is 34.3 Å². The summed E-state index contributed by atoms with van der Waals surface area (Å²) < 4.78 is 1.01. The molecule has 0 saturated carbocycles. The Morgan fingerprint density at radius 2 is 2.00 bits per heavy atom. The fourth-order valence-electron chi connectivity index (χ4n) is 2.74. The summed E-state index contributed by atoms with van der Waals surface area (Å²) in [6.07, 6.45) is 3.27. The van der Waals surface area contributed by atoms with Crippen molar-refractivity contribution in [2.24, 2.45) is 5.92 Å². The van der Waals surface area contributed by atoms with Crippen molar-refractivity contribution >= 4 is 27.8 Å². The second kappa shape index (κ2) is 7.59. The number of hydrogen-bond acceptors (Lipinski definition) is 2. The highest BCUT2D eigenvalue weighted by Crippen LogP contribution is 2.22. The van der Waals surface area contributed by atoms with Crippen LogP contribution >= 0.6 is 15.9 Å². The van der Waals surface area contributed by atoms with E-state index in [1.54, 1.807) is 0 Å². The van der Waals surface area contributed by atoms with Crippen molar-refractivity contribution in [1.82, 2.24) is 4.90 Å². The van der Waals surface area contributed by atoms with Crippen LogP contribution in [0, 0.1) is 5.92 Å². The zero-order chi connectivity index (χ0) is 15.2. The number of rotatable bonds is 5. The summed E-state index contributed by atoms with van der Waals surface area (Å²) in [7, 11) is 0. The molecule has 2 rings (SSSR count). The predicted octanol–water partition coefficient (Wildman–Crippen LogP) is 3.10. The first-order valence-electron chi connectivity index (χ1n) is 7.28. The Hall–Kier alpha value is -1.36. The Morgan fingerprint density at radius 1 is 1.29 bits per heavy atom. The first-order chi connectivity index (χ1) is 10.0. The van der Waals surface area contributed by atoms with E-state index in [-0.39, 0.29) is 12.3 Å². The van der Waals surface area contributed by atoms with E-state index >= 15 is 0 Å². The van der Waals surface area contributed by atoms with Gasteiger partial charge in [0.2, 0.25) is 5.91 Å². The van der Waals surface area contributed by atoms with Gasteiger partial charge in [-0.05, 0) is 42.9 Å². The largest absolute Gasteiger partial charge is 0.481 e. The molecule has 0 spiro atoms. The molecule has 1 heterocycles. The van der Waals surface area contributed by atoms with Crippen LogP contribution in [-0.4, -0.2) is 35.0 Å². The molecule has 1 amide bonds. The maximum Gasteiger partial charge on any atom is 0.303 e. The number of carboxylic acids is 1. The maximum atomic E-state index is 12.3. The van der Waals surface area contributed by atoms with Crippen LogP contribution in [0.3, 0.4) is 0 Å². The minimum atomic E-state index is -0.756. The van der Waals surface area contributed by atoms with E-state index in [1.807, 2.05) is 29.2 Å². The van der Waals surface area contributed by atoms with E-state index in [9.17, 15) is 9.59 Å². The molecule has 0 bridgehead atoms. The number of benzene rings is 1. The second-order valence-corrected chi connectivity index (χ2v) is 6.50. The fourth-order valence-corrected chi connectivity index (χ4v) is 3.01. The van der Waals surface area contributed by atoms with Gasteiger partial charge < -0.3 is 10.0 Å². The molecule has 0 aliphatic carbocycles. The molecule has 1 N–H and O–H groups in total. The number of carboxylic acid groups (broad SMARTS) is 1. The van der Waals surface area contributed by atoms with Crippen LogP contribution in [0.1, 0.15) is 31.2 Å². The van der Waals surface area contributed by atoms with E-state index in [0.29, 0.717) is 25.3 Å². The first-order valence-corrected chi connectivity index (χ1v) is 8.08. The topological polar surface area (TPSA) is 57.6 Å². The molecule has 1 fully saturated rings. The smallest absolute Gasteiger partial charge is 0.303 e. The van der Waals surface area contributed by atoms with Crippen molar-refractivity contribution in [3.8, 4) is 0 Å². The van der Waals surface area contributed by atoms with E-state index in [1.165, 1.54) is 0 Å². The Morgan fingerprint density at radius 3 is 2.67 bits per heavy atom. The molecule has 1 aromatic carbocycles. The van der Waals surface area contributed by atoms with Gasteiger partial charge in [0.15, 0.2) is 0 Å². The molecule has 21 heavy (non-hydrogen) atoms. The molecule has 5 heteroatoms. The molecule has 4 nitrogen and oxygen atoms in total. The van der Waals surface area contributed by atoms with Crippen molar-refractivity contribution in [1.29, 1.82) is 0 Å². The van der Waals surface area contributed by atoms with Crippen LogP contribution in [0.2, 0.25) is 0 Å². The monoisotopic (exact) mass is 353 g/mol. The highest BCUT2D eigenvalue weighted by Gasteiger charge is 2.23. The number of carbonyl (C=O) groups is 2. The fraction of sp³-hybridized carbons (Fsp3) is 0.500. The van der Waals surface area contributed by atoms with Crippen molar-refractivity contribution in [2.45, 2.75) is 32.1 Å². The standard InChI is InChI=1S/C16H20BrNO3/c17-14-6-3-12(4-7-14)10-15(19)18-9-1-2-13(11-18)5-8-16(20)21/h3-4,6-7,13H,1-2,5,8-11H2,(H,20,21)/t13-/m0/s1. The highest BCUT2D eigenvalue weighted by molar-refractivity contribution is 9.10. The summed E-state index contributed by atoms with van der Waals surface area (Å²) in [5.74, 6) is -0.297. The summed E-state index contributed by atoms with van der Waals surface area (Å²) in [5, 5.41) is 8.75. The Kier molecular flexibility index (Phi) is 5.79. The lowest BCUT2D eigenvalue weighted by molar-refractivity contribution is -0.137. The third-order valence-corrected chi connectivity index (χ3v) is 4.44. The number of amides is 1. The Bertz CT molecular complexity index is 501. The van der Waals surface area contributed by atoms with Crippen LogP contribution in [0.5, 0.6) is 0 Å². The maximum absolute atomic E-state index is 12.3. The molecule has 1 aliphatic heterocycles. The summed E-state index contributed by atoms with van der Waals surface area (Å²) >= 11 is 3.38. The van der Waals surface area contributed by atoms with Crippen LogP contribution in [0.25, 0.3) is 0 Å². The Balaban J connectivity index is 1.86. The number of piperidine rings is 1. The zero-order valence-electron chi connectivity index (χ0n) is 11.9. The lowest BCUT2D eigenvalue weighted by atomic mass is 9.93. The molecule has 0 radical (unpaired) electrons. The van der Waals surface area contributed by atoms with Gasteiger partial charge in [-0.2, -0.15) is 0 Å². The molecule has 1 saturated heterocycles. The summed E-state index contributed by atoms with van der Waals surface area (Å²) in [6, 6.07) is 7.78. The van der Waals surface area contributed by atoms with Gasteiger partial charge in [0, 0.05) is 24.0 Å². The molecule has 114 valence electrons. The van der Waals surface area contributed by atoms with Gasteiger partial charge in [-0.1, -0.05) is 28.1 Å². The summed E-state index contributed by atoms with van der Waals surface area (Å²) in [4.78, 5) is 24.9. The van der Waals surface area contributed by atoms with Crippen LogP contribution in [-0.2, 0) is 16.0 Å². The average Bonchev–Trinajstić information content (AvgIpc) is 2.48. The van der Waals surface area contributed by atoms with Crippen LogP contribution in [0.15, 0.2) is 28.7 Å². The SMILES string of the molecule is O=C(O)CC[C@@H]1CCCN(C(=O)Cc2ccc(Br)cc2)C1. The van der Waals surface area contributed by atoms with Gasteiger partial charge in [-0.3, -0.25) is 9.59 Å². The lowest BCUT2D eigenvalue weighted by Gasteiger charge is -2.32. The minimum Gasteiger partial charge on any atom is -0.481 e. The third-order valence-electron chi connectivity index (χ3n) is 3.91. The average molecular weight is 354 g/mol. The normalized spacial score (nSPS) is 18.5. The second-order valence-electron chi connectivity index (χ2n) is 5.58. The molecule has 0 unspecified atom stereocenters. The number of carbonyl (C=O) groups excluding carboxylic acids is 1. The van der Waals surface area contributed by atoms with Gasteiger partial charge in [0.1, 0.15) is 0 Å². The zero-order valence-corrected chi connectivity index (χ0v) is 13.5. The molecule has 0 aromatic heterocycles.